The number of hydrogen-bond acceptors (Lipinski definition) is 3. The molecule has 4 heteroatoms. The molecule has 1 atom stereocenters. The van der Waals surface area contributed by atoms with Crippen molar-refractivity contribution >= 4 is 11.8 Å². The van der Waals surface area contributed by atoms with Gasteiger partial charge >= 0.3 is 0 Å². The molecule has 2 rings (SSSR count). The van der Waals surface area contributed by atoms with Gasteiger partial charge in [0.05, 0.1) is 12.6 Å². The van der Waals surface area contributed by atoms with E-state index in [-0.39, 0.29) is 29.7 Å². The van der Waals surface area contributed by atoms with Crippen LogP contribution in [0, 0.1) is 11.3 Å². The first-order chi connectivity index (χ1) is 8.43. The summed E-state index contributed by atoms with van der Waals surface area (Å²) in [6, 6.07) is 0. The maximum Gasteiger partial charge on any atom is 0.229 e. The van der Waals surface area contributed by atoms with Crippen molar-refractivity contribution in [1.29, 1.82) is 0 Å². The third-order valence-electron chi connectivity index (χ3n) is 4.46. The Morgan fingerprint density at radius 2 is 1.67 bits per heavy atom. The maximum absolute atomic E-state index is 12.1. The fourth-order valence-corrected chi connectivity index (χ4v) is 3.11. The molecule has 0 aromatic heterocycles. The highest BCUT2D eigenvalue weighted by Gasteiger charge is 2.45. The molecular weight excluding hydrogens is 230 g/mol. The van der Waals surface area contributed by atoms with Crippen LogP contribution in [0.1, 0.15) is 52.4 Å². The zero-order valence-corrected chi connectivity index (χ0v) is 11.3. The van der Waals surface area contributed by atoms with E-state index in [0.717, 1.165) is 25.7 Å². The Labute approximate surface area is 108 Å². The first kappa shape index (κ1) is 13.5. The summed E-state index contributed by atoms with van der Waals surface area (Å²) < 4.78 is 0. The second-order valence-electron chi connectivity index (χ2n) is 6.27. The molecule has 0 radical (unpaired) electrons. The zero-order chi connectivity index (χ0) is 13.3. The summed E-state index contributed by atoms with van der Waals surface area (Å²) in [5.41, 5.74) is -0.0482. The number of aliphatic hydroxyl groups excluding tert-OH is 1. The molecule has 1 aliphatic carbocycles. The molecule has 1 aliphatic heterocycles. The number of piperidine rings is 1. The summed E-state index contributed by atoms with van der Waals surface area (Å²) in [7, 11) is 0. The lowest BCUT2D eigenvalue weighted by Gasteiger charge is -2.38. The van der Waals surface area contributed by atoms with Crippen LogP contribution in [0.5, 0.6) is 0 Å². The van der Waals surface area contributed by atoms with E-state index >= 15 is 0 Å². The van der Waals surface area contributed by atoms with Gasteiger partial charge in [-0.05, 0) is 24.2 Å². The van der Waals surface area contributed by atoms with E-state index in [9.17, 15) is 14.7 Å². The summed E-state index contributed by atoms with van der Waals surface area (Å²) >= 11 is 0. The molecule has 1 N–H and O–H groups in total. The number of aliphatic hydroxyl groups is 1. The number of nitrogens with zero attached hydrogens (tertiary/aromatic N) is 1. The number of rotatable bonds is 3. The summed E-state index contributed by atoms with van der Waals surface area (Å²) in [5.74, 6) is -0.117. The van der Waals surface area contributed by atoms with Crippen molar-refractivity contribution in [3.05, 3.63) is 0 Å². The predicted molar refractivity (Wildman–Crippen MR) is 67.7 cm³/mol. The monoisotopic (exact) mass is 253 g/mol. The summed E-state index contributed by atoms with van der Waals surface area (Å²) in [5, 5.41) is 9.82. The molecule has 1 heterocycles. The van der Waals surface area contributed by atoms with Crippen molar-refractivity contribution < 1.29 is 14.7 Å². The molecular formula is C14H23NO3. The van der Waals surface area contributed by atoms with Gasteiger partial charge in [0, 0.05) is 12.8 Å². The van der Waals surface area contributed by atoms with E-state index in [1.165, 1.54) is 4.90 Å². The Hall–Kier alpha value is -0.900. The average Bonchev–Trinajstić information content (AvgIpc) is 2.71. The van der Waals surface area contributed by atoms with Crippen LogP contribution in [0.2, 0.25) is 0 Å². The van der Waals surface area contributed by atoms with Crippen LogP contribution in [-0.2, 0) is 9.59 Å². The minimum atomic E-state index is -0.615. The van der Waals surface area contributed by atoms with E-state index < -0.39 is 6.10 Å². The van der Waals surface area contributed by atoms with Gasteiger partial charge in [0.1, 0.15) is 0 Å². The number of imide groups is 1. The van der Waals surface area contributed by atoms with Crippen molar-refractivity contribution in [3.63, 3.8) is 0 Å². The van der Waals surface area contributed by atoms with Crippen molar-refractivity contribution in [2.75, 3.05) is 6.54 Å². The average molecular weight is 253 g/mol. The van der Waals surface area contributed by atoms with E-state index in [0.29, 0.717) is 12.8 Å². The molecule has 0 bridgehead atoms. The Morgan fingerprint density at radius 1 is 1.17 bits per heavy atom. The van der Waals surface area contributed by atoms with Gasteiger partial charge in [0.15, 0.2) is 0 Å². The summed E-state index contributed by atoms with van der Waals surface area (Å²) in [6.07, 6.45) is 4.64. The van der Waals surface area contributed by atoms with Gasteiger partial charge in [-0.1, -0.05) is 26.7 Å². The van der Waals surface area contributed by atoms with Crippen molar-refractivity contribution in [2.45, 2.75) is 58.5 Å². The Bertz CT molecular complexity index is 325. The highest BCUT2D eigenvalue weighted by atomic mass is 16.3. The molecule has 2 aliphatic rings. The molecule has 0 aromatic carbocycles. The number of carbonyl (C=O) groups excluding carboxylic acids is 2. The molecule has 1 saturated heterocycles. The maximum atomic E-state index is 12.1. The molecule has 2 fully saturated rings. The predicted octanol–water partition coefficient (Wildman–Crippen LogP) is 1.71. The third-order valence-corrected chi connectivity index (χ3v) is 4.46. The number of amides is 2. The highest BCUT2D eigenvalue weighted by molar-refractivity contribution is 5.98. The van der Waals surface area contributed by atoms with Crippen LogP contribution in [0.4, 0.5) is 0 Å². The number of likely N-dealkylation sites (tertiary alicyclic amines) is 1. The first-order valence-corrected chi connectivity index (χ1v) is 6.95. The summed E-state index contributed by atoms with van der Waals surface area (Å²) in [4.78, 5) is 25.5. The standard InChI is InChI=1S/C14H23NO3/c1-10(2)11(16)9-15-12(17)7-14(8-13(15)18)5-3-4-6-14/h10-11,16H,3-9H2,1-2H3. The quantitative estimate of drug-likeness (QED) is 0.779. The fraction of sp³-hybridized carbons (Fsp3) is 0.857. The molecule has 0 aromatic rings. The lowest BCUT2D eigenvalue weighted by Crippen LogP contribution is -2.50. The van der Waals surface area contributed by atoms with Gasteiger partial charge < -0.3 is 5.11 Å². The molecule has 102 valence electrons. The lowest BCUT2D eigenvalue weighted by molar-refractivity contribution is -0.155. The van der Waals surface area contributed by atoms with E-state index in [1.807, 2.05) is 13.8 Å². The van der Waals surface area contributed by atoms with Crippen molar-refractivity contribution in [3.8, 4) is 0 Å². The van der Waals surface area contributed by atoms with Gasteiger partial charge in [-0.2, -0.15) is 0 Å². The Balaban J connectivity index is 2.03. The number of β-amino-alcohol motifs (C(OH)–C–C–N with tert-alkyl or cyclic N) is 1. The highest BCUT2D eigenvalue weighted by Crippen LogP contribution is 2.46. The molecule has 4 nitrogen and oxygen atoms in total. The molecule has 1 saturated carbocycles. The molecule has 1 unspecified atom stereocenters. The minimum absolute atomic E-state index is 0.0482. The second-order valence-corrected chi connectivity index (χ2v) is 6.27. The molecule has 18 heavy (non-hydrogen) atoms. The van der Waals surface area contributed by atoms with E-state index in [2.05, 4.69) is 0 Å². The largest absolute Gasteiger partial charge is 0.391 e. The lowest BCUT2D eigenvalue weighted by atomic mass is 9.76. The van der Waals surface area contributed by atoms with Crippen LogP contribution in [0.3, 0.4) is 0 Å². The van der Waals surface area contributed by atoms with Gasteiger partial charge in [-0.15, -0.1) is 0 Å². The first-order valence-electron chi connectivity index (χ1n) is 6.95. The Morgan fingerprint density at radius 3 is 2.11 bits per heavy atom. The van der Waals surface area contributed by atoms with Crippen LogP contribution in [0.25, 0.3) is 0 Å². The SMILES string of the molecule is CC(C)C(O)CN1C(=O)CC2(CCCC2)CC1=O. The smallest absolute Gasteiger partial charge is 0.229 e. The van der Waals surface area contributed by atoms with Crippen LogP contribution in [-0.4, -0.2) is 34.5 Å². The van der Waals surface area contributed by atoms with E-state index in [1.54, 1.807) is 0 Å². The van der Waals surface area contributed by atoms with Gasteiger partial charge in [0.25, 0.3) is 0 Å². The summed E-state index contributed by atoms with van der Waals surface area (Å²) in [6.45, 7) is 3.94. The number of carbonyl (C=O) groups is 2. The zero-order valence-electron chi connectivity index (χ0n) is 11.3. The van der Waals surface area contributed by atoms with Gasteiger partial charge in [0.2, 0.25) is 11.8 Å². The van der Waals surface area contributed by atoms with Crippen molar-refractivity contribution in [2.24, 2.45) is 11.3 Å². The van der Waals surface area contributed by atoms with Gasteiger partial charge in [-0.3, -0.25) is 14.5 Å². The molecule has 2 amide bonds. The topological polar surface area (TPSA) is 57.6 Å². The number of hydrogen-bond donors (Lipinski definition) is 1. The Kier molecular flexibility index (Phi) is 3.76. The van der Waals surface area contributed by atoms with Crippen LogP contribution in [0.15, 0.2) is 0 Å². The second kappa shape index (κ2) is 5.00. The minimum Gasteiger partial charge on any atom is -0.391 e. The molecule has 1 spiro atoms. The van der Waals surface area contributed by atoms with E-state index in [4.69, 9.17) is 0 Å². The third kappa shape index (κ3) is 2.58. The van der Waals surface area contributed by atoms with Crippen LogP contribution < -0.4 is 0 Å². The fourth-order valence-electron chi connectivity index (χ4n) is 3.11. The van der Waals surface area contributed by atoms with Gasteiger partial charge in [-0.25, -0.2) is 0 Å². The normalized spacial score (nSPS) is 25.2. The van der Waals surface area contributed by atoms with Crippen molar-refractivity contribution in [1.82, 2.24) is 4.90 Å². The van der Waals surface area contributed by atoms with Crippen LogP contribution >= 0.6 is 0 Å².